The SMILES string of the molecule is Cc1ccc(OS(=O)(=O)N2CCCC[C@@H]2C(=O)N2[C@H](C)CC[C@@H]3CCCC[C@@H]32)cc1. The van der Waals surface area contributed by atoms with Crippen LogP contribution >= 0.6 is 0 Å². The van der Waals surface area contributed by atoms with Crippen molar-refractivity contribution >= 4 is 16.2 Å². The molecule has 2 saturated heterocycles. The van der Waals surface area contributed by atoms with Crippen LogP contribution in [0.15, 0.2) is 24.3 Å². The third-order valence-corrected chi connectivity index (χ3v) is 8.57. The summed E-state index contributed by atoms with van der Waals surface area (Å²) in [4.78, 5) is 15.8. The number of hydrogen-bond donors (Lipinski definition) is 0. The third-order valence-electron chi connectivity index (χ3n) is 7.16. The van der Waals surface area contributed by atoms with Gasteiger partial charge in [-0.1, -0.05) is 37.0 Å². The first-order valence-electron chi connectivity index (χ1n) is 11.5. The lowest BCUT2D eigenvalue weighted by atomic mass is 9.76. The van der Waals surface area contributed by atoms with Crippen LogP contribution in [-0.4, -0.2) is 48.2 Å². The van der Waals surface area contributed by atoms with E-state index in [0.717, 1.165) is 37.7 Å². The van der Waals surface area contributed by atoms with Gasteiger partial charge in [-0.05, 0) is 70.4 Å². The average molecular weight is 435 g/mol. The molecular weight excluding hydrogens is 400 g/mol. The van der Waals surface area contributed by atoms with E-state index in [-0.39, 0.29) is 23.7 Å². The first-order valence-corrected chi connectivity index (χ1v) is 12.8. The number of nitrogens with zero attached hydrogens (tertiary/aromatic N) is 2. The zero-order valence-electron chi connectivity index (χ0n) is 18.1. The van der Waals surface area contributed by atoms with Crippen molar-refractivity contribution < 1.29 is 17.4 Å². The van der Waals surface area contributed by atoms with Gasteiger partial charge in [0.2, 0.25) is 5.91 Å². The van der Waals surface area contributed by atoms with E-state index in [2.05, 4.69) is 11.8 Å². The molecule has 1 aromatic carbocycles. The average Bonchev–Trinajstić information content (AvgIpc) is 2.75. The number of amides is 1. The van der Waals surface area contributed by atoms with Crippen LogP contribution in [0.2, 0.25) is 0 Å². The Hall–Kier alpha value is -1.60. The number of benzene rings is 1. The van der Waals surface area contributed by atoms with Crippen LogP contribution < -0.4 is 4.18 Å². The quantitative estimate of drug-likeness (QED) is 0.717. The third kappa shape index (κ3) is 4.37. The summed E-state index contributed by atoms with van der Waals surface area (Å²) in [5.41, 5.74) is 1.03. The zero-order chi connectivity index (χ0) is 21.3. The van der Waals surface area contributed by atoms with Crippen molar-refractivity contribution in [3.8, 4) is 5.75 Å². The maximum absolute atomic E-state index is 13.7. The molecule has 0 aromatic heterocycles. The number of carbonyl (C=O) groups is 1. The predicted octanol–water partition coefficient (Wildman–Crippen LogP) is 4.04. The Morgan fingerprint density at radius 1 is 0.967 bits per heavy atom. The highest BCUT2D eigenvalue weighted by Gasteiger charge is 2.45. The molecule has 4 atom stereocenters. The normalized spacial score (nSPS) is 30.5. The number of piperidine rings is 2. The number of aryl methyl sites for hydroxylation is 1. The highest BCUT2D eigenvalue weighted by atomic mass is 32.2. The van der Waals surface area contributed by atoms with E-state index in [4.69, 9.17) is 4.18 Å². The Labute approximate surface area is 180 Å². The molecule has 4 rings (SSSR count). The summed E-state index contributed by atoms with van der Waals surface area (Å²) in [6.45, 7) is 4.39. The molecule has 0 N–H and O–H groups in total. The number of hydrogen-bond acceptors (Lipinski definition) is 4. The molecule has 30 heavy (non-hydrogen) atoms. The second kappa shape index (κ2) is 8.87. The fraction of sp³-hybridized carbons (Fsp3) is 0.696. The van der Waals surface area contributed by atoms with Crippen LogP contribution in [0.1, 0.15) is 70.3 Å². The van der Waals surface area contributed by atoms with Gasteiger partial charge in [0.15, 0.2) is 0 Å². The highest BCUT2D eigenvalue weighted by molar-refractivity contribution is 7.84. The van der Waals surface area contributed by atoms with Gasteiger partial charge in [-0.3, -0.25) is 4.79 Å². The smallest absolute Gasteiger partial charge is 0.371 e. The summed E-state index contributed by atoms with van der Waals surface area (Å²) in [6.07, 6.45) is 8.99. The summed E-state index contributed by atoms with van der Waals surface area (Å²) in [6, 6.07) is 6.74. The summed E-state index contributed by atoms with van der Waals surface area (Å²) in [7, 11) is -4.04. The first-order chi connectivity index (χ1) is 14.4. The lowest BCUT2D eigenvalue weighted by Crippen LogP contribution is -2.61. The molecule has 3 fully saturated rings. The van der Waals surface area contributed by atoms with Crippen LogP contribution in [0.4, 0.5) is 0 Å². The number of carbonyl (C=O) groups excluding carboxylic acids is 1. The minimum Gasteiger partial charge on any atom is -0.371 e. The van der Waals surface area contributed by atoms with Gasteiger partial charge < -0.3 is 9.08 Å². The van der Waals surface area contributed by atoms with Gasteiger partial charge in [0, 0.05) is 18.6 Å². The summed E-state index contributed by atoms with van der Waals surface area (Å²) in [5, 5.41) is 0. The minimum atomic E-state index is -4.04. The molecule has 0 bridgehead atoms. The highest BCUT2D eigenvalue weighted by Crippen LogP contribution is 2.39. The van der Waals surface area contributed by atoms with Gasteiger partial charge in [-0.15, -0.1) is 0 Å². The Morgan fingerprint density at radius 3 is 2.43 bits per heavy atom. The van der Waals surface area contributed by atoms with E-state index in [1.807, 2.05) is 19.1 Å². The Bertz CT molecular complexity index is 854. The van der Waals surface area contributed by atoms with E-state index in [0.29, 0.717) is 18.9 Å². The van der Waals surface area contributed by atoms with Crippen molar-refractivity contribution in [1.29, 1.82) is 0 Å². The van der Waals surface area contributed by atoms with Crippen molar-refractivity contribution in [2.75, 3.05) is 6.54 Å². The van der Waals surface area contributed by atoms with Crippen LogP contribution in [0, 0.1) is 12.8 Å². The molecule has 0 unspecified atom stereocenters. The van der Waals surface area contributed by atoms with Crippen molar-refractivity contribution in [1.82, 2.24) is 9.21 Å². The molecule has 1 aromatic rings. The van der Waals surface area contributed by atoms with Gasteiger partial charge in [0.25, 0.3) is 0 Å². The second-order valence-corrected chi connectivity index (χ2v) is 10.8. The zero-order valence-corrected chi connectivity index (χ0v) is 18.9. The molecule has 7 heteroatoms. The van der Waals surface area contributed by atoms with Crippen LogP contribution in [0.3, 0.4) is 0 Å². The van der Waals surface area contributed by atoms with E-state index < -0.39 is 16.3 Å². The summed E-state index contributed by atoms with van der Waals surface area (Å²) < 4.78 is 33.0. The fourth-order valence-corrected chi connectivity index (χ4v) is 6.86. The maximum atomic E-state index is 13.7. The van der Waals surface area contributed by atoms with Gasteiger partial charge in [0.1, 0.15) is 11.8 Å². The molecule has 1 saturated carbocycles. The lowest BCUT2D eigenvalue weighted by Gasteiger charge is -2.49. The standard InChI is InChI=1S/C23H34N2O4S/c1-17-10-14-20(15-11-17)29-30(27,28)24-16-6-5-9-22(24)23(26)25-18(2)12-13-19-7-3-4-8-21(19)25/h10-11,14-15,18-19,21-22H,3-9,12-13,16H2,1-2H3/t18-,19+,21+,22-/m1/s1. The number of fused-ring (bicyclic) bond motifs is 1. The van der Waals surface area contributed by atoms with E-state index >= 15 is 0 Å². The molecule has 1 amide bonds. The molecule has 166 valence electrons. The maximum Gasteiger partial charge on any atom is 0.385 e. The van der Waals surface area contributed by atoms with Gasteiger partial charge in [0.05, 0.1) is 0 Å². The van der Waals surface area contributed by atoms with Gasteiger partial charge in [-0.25, -0.2) is 0 Å². The first kappa shape index (κ1) is 21.6. The summed E-state index contributed by atoms with van der Waals surface area (Å²) >= 11 is 0. The topological polar surface area (TPSA) is 66.9 Å². The van der Waals surface area contributed by atoms with Crippen molar-refractivity contribution in [2.24, 2.45) is 5.92 Å². The Balaban J connectivity index is 1.56. The molecule has 1 aliphatic carbocycles. The lowest BCUT2D eigenvalue weighted by molar-refractivity contribution is -0.146. The molecule has 0 spiro atoms. The van der Waals surface area contributed by atoms with Crippen molar-refractivity contribution in [3.05, 3.63) is 29.8 Å². The van der Waals surface area contributed by atoms with Gasteiger partial charge in [-0.2, -0.15) is 12.7 Å². The molecular formula is C23H34N2O4S. The molecule has 6 nitrogen and oxygen atoms in total. The van der Waals surface area contributed by atoms with Crippen LogP contribution in [0.5, 0.6) is 5.75 Å². The van der Waals surface area contributed by atoms with E-state index in [1.165, 1.54) is 23.6 Å². The molecule has 0 radical (unpaired) electrons. The van der Waals surface area contributed by atoms with E-state index in [9.17, 15) is 13.2 Å². The minimum absolute atomic E-state index is 0.0186. The predicted molar refractivity (Wildman–Crippen MR) is 116 cm³/mol. The number of likely N-dealkylation sites (tertiary alicyclic amines) is 1. The Kier molecular flexibility index (Phi) is 6.39. The molecule has 3 aliphatic rings. The van der Waals surface area contributed by atoms with Crippen LogP contribution in [-0.2, 0) is 15.1 Å². The van der Waals surface area contributed by atoms with Crippen molar-refractivity contribution in [2.45, 2.75) is 89.8 Å². The monoisotopic (exact) mass is 434 g/mol. The Morgan fingerprint density at radius 2 is 1.67 bits per heavy atom. The largest absolute Gasteiger partial charge is 0.385 e. The van der Waals surface area contributed by atoms with Crippen molar-refractivity contribution in [3.63, 3.8) is 0 Å². The molecule has 2 heterocycles. The summed E-state index contributed by atoms with van der Waals surface area (Å²) in [5.74, 6) is 0.835. The molecule has 2 aliphatic heterocycles. The number of rotatable bonds is 4. The van der Waals surface area contributed by atoms with Crippen LogP contribution in [0.25, 0.3) is 0 Å². The van der Waals surface area contributed by atoms with E-state index in [1.54, 1.807) is 12.1 Å². The van der Waals surface area contributed by atoms with Gasteiger partial charge >= 0.3 is 10.3 Å². The second-order valence-electron chi connectivity index (χ2n) is 9.26. The fourth-order valence-electron chi connectivity index (χ4n) is 5.55.